The van der Waals surface area contributed by atoms with Crippen molar-refractivity contribution in [2.75, 3.05) is 11.5 Å². The van der Waals surface area contributed by atoms with Crippen LogP contribution in [0.2, 0.25) is 0 Å². The first-order valence-electron chi connectivity index (χ1n) is 8.03. The summed E-state index contributed by atoms with van der Waals surface area (Å²) in [6, 6.07) is 7.59. The SMILES string of the molecule is CC(=O)[C@H]1[C@@H]2[C@@H](C(=O)[C@H]3OC[C@@H]2O3)[C@H]2C=Cc3ccccc3N21. The summed E-state index contributed by atoms with van der Waals surface area (Å²) in [6.45, 7) is 2.00. The molecule has 0 spiro atoms. The third-order valence-corrected chi connectivity index (χ3v) is 5.57. The number of fused-ring (bicyclic) bond motifs is 8. The molecule has 4 heterocycles. The Bertz CT molecular complexity index is 742. The lowest BCUT2D eigenvalue weighted by atomic mass is 9.78. The number of Topliss-reactive ketones (excluding diaryl/α,β-unsaturated/α-hetero) is 2. The molecule has 0 aromatic heterocycles. The molecule has 5 rings (SSSR count). The first kappa shape index (κ1) is 13.5. The minimum atomic E-state index is -0.751. The molecule has 5 heteroatoms. The van der Waals surface area contributed by atoms with Gasteiger partial charge in [-0.2, -0.15) is 0 Å². The topological polar surface area (TPSA) is 55.8 Å². The Morgan fingerprint density at radius 2 is 2.13 bits per heavy atom. The van der Waals surface area contributed by atoms with E-state index in [4.69, 9.17) is 9.47 Å². The average molecular weight is 311 g/mol. The molecule has 3 saturated heterocycles. The first-order chi connectivity index (χ1) is 11.2. The first-order valence-corrected chi connectivity index (χ1v) is 8.03. The molecule has 0 aliphatic carbocycles. The van der Waals surface area contributed by atoms with Crippen LogP contribution in [0, 0.1) is 11.8 Å². The van der Waals surface area contributed by atoms with E-state index in [1.165, 1.54) is 0 Å². The molecule has 1 aromatic carbocycles. The van der Waals surface area contributed by atoms with E-state index in [0.29, 0.717) is 6.61 Å². The van der Waals surface area contributed by atoms with E-state index in [0.717, 1.165) is 11.3 Å². The minimum absolute atomic E-state index is 0.0217. The van der Waals surface area contributed by atoms with Crippen LogP contribution >= 0.6 is 0 Å². The van der Waals surface area contributed by atoms with Gasteiger partial charge in [-0.25, -0.2) is 0 Å². The van der Waals surface area contributed by atoms with Crippen molar-refractivity contribution in [3.63, 3.8) is 0 Å². The smallest absolute Gasteiger partial charge is 0.218 e. The Kier molecular flexibility index (Phi) is 2.65. The fourth-order valence-electron chi connectivity index (χ4n) is 4.74. The molecule has 0 amide bonds. The molecule has 3 fully saturated rings. The molecule has 4 aliphatic rings. The van der Waals surface area contributed by atoms with Crippen LogP contribution in [0.5, 0.6) is 0 Å². The lowest BCUT2D eigenvalue weighted by Gasteiger charge is -2.35. The zero-order chi connectivity index (χ0) is 15.7. The third kappa shape index (κ3) is 1.64. The Morgan fingerprint density at radius 1 is 1.30 bits per heavy atom. The highest BCUT2D eigenvalue weighted by Crippen LogP contribution is 2.50. The molecular weight excluding hydrogens is 294 g/mol. The van der Waals surface area contributed by atoms with Crippen LogP contribution in [0.4, 0.5) is 5.69 Å². The predicted molar refractivity (Wildman–Crippen MR) is 82.8 cm³/mol. The van der Waals surface area contributed by atoms with Gasteiger partial charge < -0.3 is 14.4 Å². The van der Waals surface area contributed by atoms with Crippen molar-refractivity contribution in [2.45, 2.75) is 31.4 Å². The van der Waals surface area contributed by atoms with E-state index in [1.54, 1.807) is 6.92 Å². The molecule has 0 unspecified atom stereocenters. The van der Waals surface area contributed by atoms with Crippen molar-refractivity contribution in [2.24, 2.45) is 11.8 Å². The number of nitrogens with zero attached hydrogens (tertiary/aromatic N) is 1. The number of benzene rings is 1. The normalized spacial score (nSPS) is 39.9. The summed E-state index contributed by atoms with van der Waals surface area (Å²) in [6.07, 6.45) is 3.19. The molecule has 2 bridgehead atoms. The number of ketones is 2. The maximum Gasteiger partial charge on any atom is 0.218 e. The third-order valence-electron chi connectivity index (χ3n) is 5.57. The largest absolute Gasteiger partial charge is 0.353 e. The van der Waals surface area contributed by atoms with Crippen LogP contribution in [0.3, 0.4) is 0 Å². The van der Waals surface area contributed by atoms with Crippen LogP contribution in [-0.2, 0) is 19.1 Å². The highest BCUT2D eigenvalue weighted by atomic mass is 16.7. The number of para-hydroxylation sites is 1. The van der Waals surface area contributed by atoms with Gasteiger partial charge in [0.2, 0.25) is 6.29 Å². The monoisotopic (exact) mass is 311 g/mol. The van der Waals surface area contributed by atoms with Crippen LogP contribution in [0.25, 0.3) is 6.08 Å². The van der Waals surface area contributed by atoms with E-state index < -0.39 is 6.29 Å². The summed E-state index contributed by atoms with van der Waals surface area (Å²) in [5, 5.41) is 0. The number of carbonyl (C=O) groups is 2. The Balaban J connectivity index is 1.69. The van der Waals surface area contributed by atoms with Gasteiger partial charge >= 0.3 is 0 Å². The predicted octanol–water partition coefficient (Wildman–Crippen LogP) is 1.42. The number of ether oxygens (including phenoxy) is 2. The average Bonchev–Trinajstić information content (AvgIpc) is 3.13. The maximum atomic E-state index is 12.8. The molecule has 0 radical (unpaired) electrons. The van der Waals surface area contributed by atoms with E-state index in [2.05, 4.69) is 17.1 Å². The fraction of sp³-hybridized carbons (Fsp3) is 0.444. The van der Waals surface area contributed by atoms with E-state index in [9.17, 15) is 9.59 Å². The summed E-state index contributed by atoms with van der Waals surface area (Å²) in [5.74, 6) is -0.319. The second-order valence-electron chi connectivity index (χ2n) is 6.72. The fourth-order valence-corrected chi connectivity index (χ4v) is 4.74. The lowest BCUT2D eigenvalue weighted by molar-refractivity contribution is -0.164. The summed E-state index contributed by atoms with van der Waals surface area (Å²) in [4.78, 5) is 27.4. The van der Waals surface area contributed by atoms with Gasteiger partial charge in [-0.1, -0.05) is 30.4 Å². The lowest BCUT2D eigenvalue weighted by Crippen LogP contribution is -2.48. The van der Waals surface area contributed by atoms with Gasteiger partial charge in [0.05, 0.1) is 30.7 Å². The van der Waals surface area contributed by atoms with Crippen molar-refractivity contribution >= 4 is 23.3 Å². The second-order valence-corrected chi connectivity index (χ2v) is 6.72. The van der Waals surface area contributed by atoms with Gasteiger partial charge in [-0.05, 0) is 18.6 Å². The number of rotatable bonds is 1. The van der Waals surface area contributed by atoms with Crippen molar-refractivity contribution in [3.8, 4) is 0 Å². The summed E-state index contributed by atoms with van der Waals surface area (Å²) in [7, 11) is 0. The van der Waals surface area contributed by atoms with Gasteiger partial charge in [0.1, 0.15) is 0 Å². The minimum Gasteiger partial charge on any atom is -0.353 e. The molecule has 0 N–H and O–H groups in total. The van der Waals surface area contributed by atoms with E-state index >= 15 is 0 Å². The second kappa shape index (κ2) is 4.52. The van der Waals surface area contributed by atoms with Crippen molar-refractivity contribution in [3.05, 3.63) is 35.9 Å². The van der Waals surface area contributed by atoms with Crippen molar-refractivity contribution < 1.29 is 19.1 Å². The molecule has 1 aromatic rings. The van der Waals surface area contributed by atoms with E-state index in [1.807, 2.05) is 24.3 Å². The number of hydrogen-bond acceptors (Lipinski definition) is 5. The van der Waals surface area contributed by atoms with Gasteiger partial charge in [0, 0.05) is 11.6 Å². The Morgan fingerprint density at radius 3 is 2.96 bits per heavy atom. The molecule has 0 saturated carbocycles. The van der Waals surface area contributed by atoms with Gasteiger partial charge in [-0.3, -0.25) is 9.59 Å². The molecule has 5 nitrogen and oxygen atoms in total. The summed E-state index contributed by atoms with van der Waals surface area (Å²) >= 11 is 0. The number of hydrogen-bond donors (Lipinski definition) is 0. The quantitative estimate of drug-likeness (QED) is 0.785. The van der Waals surface area contributed by atoms with Crippen molar-refractivity contribution in [1.29, 1.82) is 0 Å². The molecular formula is C18H17NO4. The summed E-state index contributed by atoms with van der Waals surface area (Å²) < 4.78 is 11.2. The van der Waals surface area contributed by atoms with Crippen LogP contribution in [0.15, 0.2) is 30.3 Å². The van der Waals surface area contributed by atoms with Gasteiger partial charge in [0.25, 0.3) is 0 Å². The zero-order valence-corrected chi connectivity index (χ0v) is 12.7. The van der Waals surface area contributed by atoms with Crippen LogP contribution in [-0.4, -0.2) is 42.7 Å². The van der Waals surface area contributed by atoms with Crippen LogP contribution < -0.4 is 4.90 Å². The zero-order valence-electron chi connectivity index (χ0n) is 12.7. The number of carbonyl (C=O) groups excluding carboxylic acids is 2. The van der Waals surface area contributed by atoms with Gasteiger partial charge in [0.15, 0.2) is 11.6 Å². The van der Waals surface area contributed by atoms with Crippen molar-refractivity contribution in [1.82, 2.24) is 0 Å². The standard InChI is InChI=1S/C18H17NO4/c1-9(20)16-15-13-8-22-18(23-13)17(21)14(15)12-7-6-10-4-2-3-5-11(10)19(12)16/h2-7,12-16,18H,8H2,1H3/t12-,13+,14+,15+,16+,18+/m1/s1. The highest BCUT2D eigenvalue weighted by molar-refractivity contribution is 5.95. The van der Waals surface area contributed by atoms with E-state index in [-0.39, 0.29) is 41.6 Å². The summed E-state index contributed by atoms with van der Waals surface area (Å²) in [5.41, 5.74) is 2.11. The molecule has 6 atom stereocenters. The van der Waals surface area contributed by atoms with Crippen LogP contribution in [0.1, 0.15) is 12.5 Å². The Labute approximate surface area is 133 Å². The molecule has 118 valence electrons. The Hall–Kier alpha value is -1.98. The van der Waals surface area contributed by atoms with Gasteiger partial charge in [-0.15, -0.1) is 0 Å². The maximum absolute atomic E-state index is 12.8. The molecule has 23 heavy (non-hydrogen) atoms. The number of anilines is 1. The molecule has 4 aliphatic heterocycles. The highest BCUT2D eigenvalue weighted by Gasteiger charge is 2.62.